The fourth-order valence-corrected chi connectivity index (χ4v) is 7.22. The zero-order valence-corrected chi connectivity index (χ0v) is 26.5. The van der Waals surface area contributed by atoms with Crippen LogP contribution in [0.15, 0.2) is 48.8 Å². The lowest BCUT2D eigenvalue weighted by Crippen LogP contribution is -2.46. The van der Waals surface area contributed by atoms with Gasteiger partial charge < -0.3 is 16.0 Å². The van der Waals surface area contributed by atoms with Crippen LogP contribution in [-0.4, -0.2) is 65.2 Å². The van der Waals surface area contributed by atoms with Crippen molar-refractivity contribution < 1.29 is 23.6 Å². The van der Waals surface area contributed by atoms with Crippen molar-refractivity contribution in [2.45, 2.75) is 52.2 Å². The number of benzene rings is 2. The Morgan fingerprint density at radius 1 is 1.06 bits per heavy atom. The molecule has 47 heavy (non-hydrogen) atoms. The molecule has 1 aliphatic heterocycles. The van der Waals surface area contributed by atoms with Crippen LogP contribution in [0.3, 0.4) is 0 Å². The van der Waals surface area contributed by atoms with E-state index in [1.165, 1.54) is 29.0 Å². The Balaban J connectivity index is 1.14. The molecule has 2 aliphatic rings. The molecule has 0 radical (unpaired) electrons. The molecule has 12 nitrogen and oxygen atoms in total. The number of thiazole rings is 1. The van der Waals surface area contributed by atoms with Crippen LogP contribution in [-0.2, 0) is 16.1 Å². The molecule has 0 bridgehead atoms. The van der Waals surface area contributed by atoms with E-state index in [0.717, 1.165) is 12.0 Å². The summed E-state index contributed by atoms with van der Waals surface area (Å²) in [6, 6.07) is 8.84. The normalized spacial score (nSPS) is 18.3. The lowest BCUT2D eigenvalue weighted by Gasteiger charge is -2.27. The predicted molar refractivity (Wildman–Crippen MR) is 172 cm³/mol. The molecule has 3 amide bonds. The SMILES string of the molecule is CC(=O)c1ccc(C)c(-c2cccc(NC(=O)[C@@H]3C[C@H]4C[C@H]4N3C(=O)Cn3nc(C(N)=O)c4sc(-c5cnc(C)nc5)nc43)c2F)c1. The van der Waals surface area contributed by atoms with Crippen molar-refractivity contribution >= 4 is 50.9 Å². The van der Waals surface area contributed by atoms with Gasteiger partial charge in [0.2, 0.25) is 11.8 Å². The third kappa shape index (κ3) is 5.43. The number of nitrogens with zero attached hydrogens (tertiary/aromatic N) is 6. The summed E-state index contributed by atoms with van der Waals surface area (Å²) in [6.45, 7) is 4.75. The monoisotopic (exact) mass is 652 g/mol. The van der Waals surface area contributed by atoms with Crippen LogP contribution in [0.2, 0.25) is 0 Å². The first-order valence-electron chi connectivity index (χ1n) is 15.0. The molecule has 1 saturated carbocycles. The average molecular weight is 653 g/mol. The summed E-state index contributed by atoms with van der Waals surface area (Å²) < 4.78 is 17.6. The van der Waals surface area contributed by atoms with E-state index in [9.17, 15) is 19.2 Å². The van der Waals surface area contributed by atoms with Crippen LogP contribution in [0.25, 0.3) is 32.0 Å². The van der Waals surface area contributed by atoms with Crippen molar-refractivity contribution in [3.8, 4) is 21.7 Å². The number of nitrogens with two attached hydrogens (primary N) is 1. The van der Waals surface area contributed by atoms with Crippen LogP contribution in [0.5, 0.6) is 0 Å². The Morgan fingerprint density at radius 3 is 2.55 bits per heavy atom. The van der Waals surface area contributed by atoms with E-state index in [-0.39, 0.29) is 47.1 Å². The maximum absolute atomic E-state index is 15.9. The number of carbonyl (C=O) groups excluding carboxylic acids is 4. The zero-order valence-electron chi connectivity index (χ0n) is 25.7. The van der Waals surface area contributed by atoms with E-state index in [0.29, 0.717) is 44.3 Å². The van der Waals surface area contributed by atoms with Crippen LogP contribution in [0.4, 0.5) is 10.1 Å². The van der Waals surface area contributed by atoms with E-state index < -0.39 is 23.7 Å². The molecule has 3 aromatic heterocycles. The van der Waals surface area contributed by atoms with Crippen molar-refractivity contribution in [1.29, 1.82) is 0 Å². The van der Waals surface area contributed by atoms with Crippen molar-refractivity contribution in [1.82, 2.24) is 29.6 Å². The number of fused-ring (bicyclic) bond motifs is 2. The number of Topliss-reactive ketones (excluding diaryl/α,β-unsaturated/α-hetero) is 1. The molecular formula is C33H29FN8O4S. The van der Waals surface area contributed by atoms with E-state index in [4.69, 9.17) is 5.73 Å². The highest BCUT2D eigenvalue weighted by Crippen LogP contribution is 2.48. The number of amides is 3. The van der Waals surface area contributed by atoms with E-state index in [2.05, 4.69) is 25.4 Å². The first kappa shape index (κ1) is 30.3. The number of nitrogens with one attached hydrogen (secondary N) is 1. The van der Waals surface area contributed by atoms with Gasteiger partial charge in [-0.1, -0.05) is 24.3 Å². The minimum absolute atomic E-state index is 0.0102. The second-order valence-corrected chi connectivity index (χ2v) is 12.9. The topological polar surface area (TPSA) is 166 Å². The minimum atomic E-state index is -0.825. The zero-order chi connectivity index (χ0) is 33.1. The minimum Gasteiger partial charge on any atom is -0.364 e. The van der Waals surface area contributed by atoms with Crippen molar-refractivity contribution in [2.24, 2.45) is 11.7 Å². The maximum atomic E-state index is 15.9. The number of anilines is 1. The number of rotatable bonds is 8. The Hall–Kier alpha value is -5.37. The van der Waals surface area contributed by atoms with Gasteiger partial charge in [0.15, 0.2) is 22.9 Å². The van der Waals surface area contributed by atoms with E-state index in [1.807, 2.05) is 6.92 Å². The molecule has 238 valence electrons. The molecule has 3 atom stereocenters. The van der Waals surface area contributed by atoms with Crippen LogP contribution >= 0.6 is 11.3 Å². The van der Waals surface area contributed by atoms with Crippen molar-refractivity contribution in [3.63, 3.8) is 0 Å². The highest BCUT2D eigenvalue weighted by atomic mass is 32.1. The number of hydrogen-bond donors (Lipinski definition) is 2. The Kier molecular flexibility index (Phi) is 7.38. The molecule has 14 heteroatoms. The highest BCUT2D eigenvalue weighted by molar-refractivity contribution is 7.22. The molecule has 3 N–H and O–H groups in total. The molecule has 0 spiro atoms. The summed E-state index contributed by atoms with van der Waals surface area (Å²) in [5.74, 6) is -1.67. The van der Waals surface area contributed by atoms with Crippen LogP contribution in [0.1, 0.15) is 52.0 Å². The third-order valence-electron chi connectivity index (χ3n) is 8.72. The first-order valence-corrected chi connectivity index (χ1v) is 15.8. The number of aryl methyl sites for hydroxylation is 2. The van der Waals surface area contributed by atoms with Gasteiger partial charge in [0.1, 0.15) is 28.1 Å². The molecular weight excluding hydrogens is 623 g/mol. The fourth-order valence-electron chi connectivity index (χ4n) is 6.20. The van der Waals surface area contributed by atoms with Crippen molar-refractivity contribution in [3.05, 3.63) is 77.3 Å². The smallest absolute Gasteiger partial charge is 0.270 e. The largest absolute Gasteiger partial charge is 0.364 e. The van der Waals surface area contributed by atoms with Crippen LogP contribution in [0, 0.1) is 25.6 Å². The number of carbonyl (C=O) groups is 4. The average Bonchev–Trinajstić information content (AvgIpc) is 3.33. The number of likely N-dealkylation sites (tertiary alicyclic amines) is 1. The molecule has 5 aromatic rings. The van der Waals surface area contributed by atoms with Crippen molar-refractivity contribution in [2.75, 3.05) is 5.32 Å². The first-order chi connectivity index (χ1) is 22.5. The number of ketones is 1. The third-order valence-corrected chi connectivity index (χ3v) is 9.82. The molecule has 2 fully saturated rings. The second kappa shape index (κ2) is 11.5. The van der Waals surface area contributed by atoms with Gasteiger partial charge in [0.25, 0.3) is 5.91 Å². The van der Waals surface area contributed by atoms with E-state index >= 15 is 4.39 Å². The summed E-state index contributed by atoms with van der Waals surface area (Å²) in [5.41, 5.74) is 8.55. The van der Waals surface area contributed by atoms with Gasteiger partial charge in [0, 0.05) is 35.1 Å². The van der Waals surface area contributed by atoms with Gasteiger partial charge in [0.05, 0.1) is 5.69 Å². The summed E-state index contributed by atoms with van der Waals surface area (Å²) in [5, 5.41) is 7.54. The molecule has 1 aliphatic carbocycles. The second-order valence-electron chi connectivity index (χ2n) is 11.9. The maximum Gasteiger partial charge on any atom is 0.270 e. The van der Waals surface area contributed by atoms with Gasteiger partial charge in [-0.15, -0.1) is 11.3 Å². The quantitative estimate of drug-likeness (QED) is 0.234. The van der Waals surface area contributed by atoms with Crippen LogP contribution < -0.4 is 11.1 Å². The predicted octanol–water partition coefficient (Wildman–Crippen LogP) is 4.30. The Morgan fingerprint density at radius 2 is 1.83 bits per heavy atom. The lowest BCUT2D eigenvalue weighted by molar-refractivity contribution is -0.138. The van der Waals surface area contributed by atoms with Gasteiger partial charge in [-0.3, -0.25) is 19.2 Å². The molecule has 4 heterocycles. The van der Waals surface area contributed by atoms with Gasteiger partial charge >= 0.3 is 0 Å². The summed E-state index contributed by atoms with van der Waals surface area (Å²) in [4.78, 5) is 66.2. The molecule has 1 saturated heterocycles. The highest BCUT2D eigenvalue weighted by Gasteiger charge is 2.56. The molecule has 0 unspecified atom stereocenters. The Bertz CT molecular complexity index is 2120. The lowest BCUT2D eigenvalue weighted by atomic mass is 9.96. The summed E-state index contributed by atoms with van der Waals surface area (Å²) in [6.07, 6.45) is 4.45. The number of halogens is 1. The summed E-state index contributed by atoms with van der Waals surface area (Å²) in [7, 11) is 0. The van der Waals surface area contributed by atoms with Gasteiger partial charge in [-0.25, -0.2) is 24.0 Å². The fraction of sp³-hybridized carbons (Fsp3) is 0.273. The Labute approximate surface area is 271 Å². The number of primary amides is 1. The van der Waals surface area contributed by atoms with Gasteiger partial charge in [-0.2, -0.15) is 5.10 Å². The molecule has 7 rings (SSSR count). The number of aromatic nitrogens is 5. The summed E-state index contributed by atoms with van der Waals surface area (Å²) >= 11 is 1.19. The number of hydrogen-bond acceptors (Lipinski definition) is 9. The standard InChI is InChI=1S/C33H29FN8O4S/c1-15-7-8-18(16(2)43)9-22(15)21-5-4-6-23(27(21)34)38-32(46)25-11-19-10-24(19)42(25)26(44)14-41-31-29(28(40-41)30(35)45)47-33(39-31)20-12-36-17(3)37-13-20/h4-9,12-13,19,24-25H,10-11,14H2,1-3H3,(H2,35,45)(H,38,46)/t19-,24-,25+/m1/s1. The van der Waals surface area contributed by atoms with Gasteiger partial charge in [-0.05, 0) is 62.8 Å². The van der Waals surface area contributed by atoms with E-state index in [1.54, 1.807) is 54.5 Å². The molecule has 2 aromatic carbocycles. The number of piperidine rings is 1.